The Hall–Kier alpha value is -2.39. The zero-order valence-corrected chi connectivity index (χ0v) is 14.2. The second-order valence-corrected chi connectivity index (χ2v) is 6.59. The van der Waals surface area contributed by atoms with Crippen LogP contribution in [0.25, 0.3) is 5.57 Å². The molecular weight excluding hydrogens is 298 g/mol. The summed E-state index contributed by atoms with van der Waals surface area (Å²) in [4.78, 5) is 13.3. The second kappa shape index (κ2) is 7.02. The molecule has 0 saturated carbocycles. The molecule has 0 aromatic heterocycles. The number of hydrogen-bond acceptors (Lipinski definition) is 2. The minimum atomic E-state index is -0.874. The topological polar surface area (TPSA) is 40.5 Å². The molecule has 0 spiro atoms. The Morgan fingerprint density at radius 3 is 2.29 bits per heavy atom. The van der Waals surface area contributed by atoms with Gasteiger partial charge in [-0.1, -0.05) is 47.5 Å². The predicted octanol–water partition coefficient (Wildman–Crippen LogP) is 4.29. The molecule has 0 atom stereocenters. The fraction of sp³-hybridized carbons (Fsp3) is 0.286. The van der Waals surface area contributed by atoms with Crippen LogP contribution in [0, 0.1) is 13.8 Å². The maximum atomic E-state index is 10.9. The van der Waals surface area contributed by atoms with Gasteiger partial charge in [-0.3, -0.25) is 4.90 Å². The molecule has 2 aromatic carbocycles. The van der Waals surface area contributed by atoms with Crippen LogP contribution in [0.4, 0.5) is 0 Å². The lowest BCUT2D eigenvalue weighted by Crippen LogP contribution is -2.28. The number of benzene rings is 2. The van der Waals surface area contributed by atoms with Crippen molar-refractivity contribution < 1.29 is 9.90 Å². The summed E-state index contributed by atoms with van der Waals surface area (Å²) in [6, 6.07) is 13.9. The third-order valence-electron chi connectivity index (χ3n) is 4.49. The number of nitrogens with zero attached hydrogens (tertiary/aromatic N) is 1. The van der Waals surface area contributed by atoms with Crippen molar-refractivity contribution in [1.82, 2.24) is 4.90 Å². The lowest BCUT2D eigenvalue weighted by Gasteiger charge is -2.26. The minimum Gasteiger partial charge on any atom is -0.478 e. The van der Waals surface area contributed by atoms with E-state index in [1.165, 1.54) is 22.3 Å². The van der Waals surface area contributed by atoms with Gasteiger partial charge in [-0.25, -0.2) is 4.79 Å². The summed E-state index contributed by atoms with van der Waals surface area (Å²) in [5.74, 6) is -0.874. The van der Waals surface area contributed by atoms with E-state index in [0.717, 1.165) is 31.6 Å². The van der Waals surface area contributed by atoms with Gasteiger partial charge in [-0.15, -0.1) is 0 Å². The lowest BCUT2D eigenvalue weighted by atomic mass is 9.96. The molecular formula is C21H23NO2. The molecule has 3 nitrogen and oxygen atoms in total. The van der Waals surface area contributed by atoms with E-state index in [9.17, 15) is 4.79 Å². The van der Waals surface area contributed by atoms with Crippen LogP contribution < -0.4 is 0 Å². The van der Waals surface area contributed by atoms with Gasteiger partial charge in [0.15, 0.2) is 0 Å². The Morgan fingerprint density at radius 1 is 1.08 bits per heavy atom. The van der Waals surface area contributed by atoms with Gasteiger partial charge < -0.3 is 5.11 Å². The van der Waals surface area contributed by atoms with Crippen molar-refractivity contribution in [3.8, 4) is 0 Å². The largest absolute Gasteiger partial charge is 0.478 e. The summed E-state index contributed by atoms with van der Waals surface area (Å²) in [5, 5.41) is 8.96. The molecule has 0 unspecified atom stereocenters. The van der Waals surface area contributed by atoms with Crippen molar-refractivity contribution in [2.45, 2.75) is 26.8 Å². The lowest BCUT2D eigenvalue weighted by molar-refractivity contribution is 0.0697. The maximum absolute atomic E-state index is 10.9. The number of carbonyl (C=O) groups is 1. The average Bonchev–Trinajstić information content (AvgIpc) is 2.55. The Morgan fingerprint density at radius 2 is 1.75 bits per heavy atom. The van der Waals surface area contributed by atoms with Crippen molar-refractivity contribution in [3.05, 3.63) is 76.4 Å². The van der Waals surface area contributed by atoms with Crippen LogP contribution in [0.2, 0.25) is 0 Å². The van der Waals surface area contributed by atoms with E-state index in [1.54, 1.807) is 12.1 Å². The van der Waals surface area contributed by atoms with Crippen LogP contribution >= 0.6 is 0 Å². The van der Waals surface area contributed by atoms with E-state index in [0.29, 0.717) is 5.56 Å². The van der Waals surface area contributed by atoms with Gasteiger partial charge in [0, 0.05) is 19.6 Å². The van der Waals surface area contributed by atoms with Crippen molar-refractivity contribution >= 4 is 11.5 Å². The fourth-order valence-electron chi connectivity index (χ4n) is 3.29. The van der Waals surface area contributed by atoms with Gasteiger partial charge in [0.25, 0.3) is 0 Å². The molecule has 0 saturated heterocycles. The molecule has 0 bridgehead atoms. The standard InChI is InChI=1S/C21H23NO2/c1-15-11-16(2)13-20(12-15)18-7-9-22(10-8-18)14-17-3-5-19(6-4-17)21(23)24/h3-7,11-13H,8-10,14H2,1-2H3,(H,23,24). The van der Waals surface area contributed by atoms with Crippen LogP contribution in [0.3, 0.4) is 0 Å². The molecule has 1 heterocycles. The fourth-order valence-corrected chi connectivity index (χ4v) is 3.29. The van der Waals surface area contributed by atoms with E-state index in [4.69, 9.17) is 5.11 Å². The van der Waals surface area contributed by atoms with Gasteiger partial charge in [0.2, 0.25) is 0 Å². The Labute approximate surface area is 143 Å². The first-order chi connectivity index (χ1) is 11.5. The molecule has 3 heteroatoms. The molecule has 1 aliphatic heterocycles. The summed E-state index contributed by atoms with van der Waals surface area (Å²) in [5.41, 5.74) is 6.90. The zero-order chi connectivity index (χ0) is 17.1. The highest BCUT2D eigenvalue weighted by Gasteiger charge is 2.14. The van der Waals surface area contributed by atoms with E-state index in [2.05, 4.69) is 43.0 Å². The summed E-state index contributed by atoms with van der Waals surface area (Å²) >= 11 is 0. The van der Waals surface area contributed by atoms with Gasteiger partial charge in [-0.05, 0) is 49.1 Å². The summed E-state index contributed by atoms with van der Waals surface area (Å²) in [6.07, 6.45) is 3.37. The quantitative estimate of drug-likeness (QED) is 0.913. The van der Waals surface area contributed by atoms with Crippen molar-refractivity contribution in [2.75, 3.05) is 13.1 Å². The molecule has 1 N–H and O–H groups in total. The van der Waals surface area contributed by atoms with Crippen LogP contribution in [0.5, 0.6) is 0 Å². The Kier molecular flexibility index (Phi) is 4.81. The third kappa shape index (κ3) is 3.92. The second-order valence-electron chi connectivity index (χ2n) is 6.59. The maximum Gasteiger partial charge on any atom is 0.335 e. The normalized spacial score (nSPS) is 15.2. The monoisotopic (exact) mass is 321 g/mol. The number of aromatic carboxylic acids is 1. The summed E-state index contributed by atoms with van der Waals surface area (Å²) in [6.45, 7) is 7.11. The zero-order valence-electron chi connectivity index (χ0n) is 14.2. The van der Waals surface area contributed by atoms with Crippen LogP contribution in [0.15, 0.2) is 48.5 Å². The number of rotatable bonds is 4. The molecule has 0 amide bonds. The Balaban J connectivity index is 1.65. The molecule has 2 aromatic rings. The highest BCUT2D eigenvalue weighted by atomic mass is 16.4. The van der Waals surface area contributed by atoms with E-state index >= 15 is 0 Å². The number of hydrogen-bond donors (Lipinski definition) is 1. The van der Waals surface area contributed by atoms with Gasteiger partial charge >= 0.3 is 5.97 Å². The van der Waals surface area contributed by atoms with E-state index < -0.39 is 5.97 Å². The smallest absolute Gasteiger partial charge is 0.335 e. The summed E-state index contributed by atoms with van der Waals surface area (Å²) in [7, 11) is 0. The average molecular weight is 321 g/mol. The van der Waals surface area contributed by atoms with Gasteiger partial charge in [-0.2, -0.15) is 0 Å². The molecule has 0 aliphatic carbocycles. The van der Waals surface area contributed by atoms with Crippen molar-refractivity contribution in [1.29, 1.82) is 0 Å². The Bertz CT molecular complexity index is 755. The number of aryl methyl sites for hydroxylation is 2. The highest BCUT2D eigenvalue weighted by Crippen LogP contribution is 2.25. The first-order valence-corrected chi connectivity index (χ1v) is 8.33. The molecule has 0 radical (unpaired) electrons. The van der Waals surface area contributed by atoms with E-state index in [-0.39, 0.29) is 0 Å². The first-order valence-electron chi connectivity index (χ1n) is 8.33. The predicted molar refractivity (Wildman–Crippen MR) is 97.2 cm³/mol. The highest BCUT2D eigenvalue weighted by molar-refractivity contribution is 5.87. The van der Waals surface area contributed by atoms with E-state index in [1.807, 2.05) is 12.1 Å². The minimum absolute atomic E-state index is 0.342. The number of carboxylic acid groups (broad SMARTS) is 1. The van der Waals surface area contributed by atoms with Gasteiger partial charge in [0.05, 0.1) is 5.56 Å². The number of carboxylic acids is 1. The molecule has 3 rings (SSSR count). The first kappa shape index (κ1) is 16.5. The van der Waals surface area contributed by atoms with Crippen LogP contribution in [0.1, 0.15) is 39.0 Å². The van der Waals surface area contributed by atoms with Gasteiger partial charge in [0.1, 0.15) is 0 Å². The summed E-state index contributed by atoms with van der Waals surface area (Å²) < 4.78 is 0. The van der Waals surface area contributed by atoms with Crippen LogP contribution in [-0.2, 0) is 6.54 Å². The van der Waals surface area contributed by atoms with Crippen molar-refractivity contribution in [2.24, 2.45) is 0 Å². The molecule has 124 valence electrons. The van der Waals surface area contributed by atoms with Crippen LogP contribution in [-0.4, -0.2) is 29.1 Å². The molecule has 1 aliphatic rings. The van der Waals surface area contributed by atoms with Crippen molar-refractivity contribution in [3.63, 3.8) is 0 Å². The SMILES string of the molecule is Cc1cc(C)cc(C2=CCN(Cc3ccc(C(=O)O)cc3)CC2)c1. The third-order valence-corrected chi connectivity index (χ3v) is 4.49. The molecule has 24 heavy (non-hydrogen) atoms. The molecule has 0 fully saturated rings.